The number of aromatic hydroxyl groups is 1. The molecule has 0 aromatic heterocycles. The third-order valence-electron chi connectivity index (χ3n) is 10.1. The van der Waals surface area contributed by atoms with Gasteiger partial charge in [0.05, 0.1) is 18.7 Å². The number of hydrogen-bond acceptors (Lipinski definition) is 10. The summed E-state index contributed by atoms with van der Waals surface area (Å²) in [5, 5.41) is 44.6. The monoisotopic (exact) mass is 567 g/mol. The highest BCUT2D eigenvalue weighted by molar-refractivity contribution is 6.24. The molecule has 1 aliphatic heterocycles. The molecule has 41 heavy (non-hydrogen) atoms. The normalized spacial score (nSPS) is 32.6. The number of phenolic OH excluding ortho intramolecular Hbond substituents is 1. The minimum absolute atomic E-state index is 0.0276. The summed E-state index contributed by atoms with van der Waals surface area (Å²) < 4.78 is 5.93. The lowest BCUT2D eigenvalue weighted by molar-refractivity contribution is -0.145. The molecule has 4 aliphatic carbocycles. The first-order chi connectivity index (χ1) is 19.5. The van der Waals surface area contributed by atoms with Crippen LogP contribution in [0.25, 0.3) is 0 Å². The zero-order valence-electron chi connectivity index (χ0n) is 23.1. The zero-order chi connectivity index (χ0) is 29.4. The number of Topliss-reactive ketones (excluding diaryl/α,β-unsaturated/α-hetero) is 2. The molecule has 6 rings (SSSR count). The number of aliphatic hydroxyl groups excluding tert-OH is 2. The number of amides is 1. The van der Waals surface area contributed by atoms with Gasteiger partial charge in [0, 0.05) is 34.7 Å². The Morgan fingerprint density at radius 1 is 1.10 bits per heavy atom. The first-order valence-electron chi connectivity index (χ1n) is 14.4. The van der Waals surface area contributed by atoms with Crippen LogP contribution in [-0.2, 0) is 16.0 Å². The SMILES string of the molecule is COc1c([C@@H]2CCCN2C2CCCCC2)cc(O)c2c1C[C@H]1C[C@H]3[C@H](N)C(O)=C(C(N)=O)C(=O)[C@@]3(O)C(O)=C1C2=O. The third kappa shape index (κ3) is 3.85. The number of aliphatic hydroxyl groups is 3. The Labute approximate surface area is 237 Å². The molecule has 1 aromatic carbocycles. The van der Waals surface area contributed by atoms with Crippen molar-refractivity contribution in [2.45, 2.75) is 81.5 Å². The van der Waals surface area contributed by atoms with Crippen LogP contribution in [0.2, 0.25) is 0 Å². The van der Waals surface area contributed by atoms with Crippen LogP contribution >= 0.6 is 0 Å². The number of benzene rings is 1. The number of carbonyl (C=O) groups is 3. The maximum Gasteiger partial charge on any atom is 0.255 e. The molecule has 11 nitrogen and oxygen atoms in total. The van der Waals surface area contributed by atoms with Crippen molar-refractivity contribution < 1.29 is 39.5 Å². The highest BCUT2D eigenvalue weighted by Crippen LogP contribution is 2.54. The van der Waals surface area contributed by atoms with Crippen LogP contribution < -0.4 is 16.2 Å². The van der Waals surface area contributed by atoms with Crippen molar-refractivity contribution in [2.24, 2.45) is 23.3 Å². The predicted octanol–water partition coefficient (Wildman–Crippen LogP) is 2.00. The van der Waals surface area contributed by atoms with Gasteiger partial charge in [0.1, 0.15) is 28.6 Å². The van der Waals surface area contributed by atoms with Crippen molar-refractivity contribution in [3.63, 3.8) is 0 Å². The van der Waals surface area contributed by atoms with Gasteiger partial charge in [0.2, 0.25) is 5.78 Å². The molecule has 2 fully saturated rings. The fraction of sp³-hybridized carbons (Fsp3) is 0.567. The molecule has 8 N–H and O–H groups in total. The van der Waals surface area contributed by atoms with Gasteiger partial charge >= 0.3 is 0 Å². The number of ether oxygens (including phenoxy) is 1. The predicted molar refractivity (Wildman–Crippen MR) is 146 cm³/mol. The van der Waals surface area contributed by atoms with Crippen LogP contribution in [-0.4, -0.2) is 74.1 Å². The molecule has 1 aromatic rings. The van der Waals surface area contributed by atoms with Gasteiger partial charge in [-0.05, 0) is 57.1 Å². The van der Waals surface area contributed by atoms with Gasteiger partial charge in [0.25, 0.3) is 5.91 Å². The van der Waals surface area contributed by atoms with Crippen LogP contribution in [0, 0.1) is 11.8 Å². The van der Waals surface area contributed by atoms with E-state index in [0.717, 1.165) is 37.8 Å². The molecule has 0 bridgehead atoms. The quantitative estimate of drug-likeness (QED) is 0.293. The van der Waals surface area contributed by atoms with Crippen LogP contribution in [0.3, 0.4) is 0 Å². The van der Waals surface area contributed by atoms with Crippen LogP contribution in [0.5, 0.6) is 11.5 Å². The van der Waals surface area contributed by atoms with Crippen molar-refractivity contribution in [1.82, 2.24) is 4.90 Å². The molecular formula is C30H37N3O8. The summed E-state index contributed by atoms with van der Waals surface area (Å²) in [4.78, 5) is 41.6. The highest BCUT2D eigenvalue weighted by atomic mass is 16.5. The summed E-state index contributed by atoms with van der Waals surface area (Å²) >= 11 is 0. The highest BCUT2D eigenvalue weighted by Gasteiger charge is 2.62. The van der Waals surface area contributed by atoms with Crippen LogP contribution in [0.1, 0.15) is 78.9 Å². The minimum Gasteiger partial charge on any atom is -0.510 e. The Hall–Kier alpha value is -3.41. The fourth-order valence-corrected chi connectivity index (χ4v) is 8.25. The lowest BCUT2D eigenvalue weighted by Gasteiger charge is -2.48. The second-order valence-corrected chi connectivity index (χ2v) is 12.1. The number of carbonyl (C=O) groups excluding carboxylic acids is 3. The number of fused-ring (bicyclic) bond motifs is 3. The molecule has 0 radical (unpaired) electrons. The standard InChI is InChI=1S/C30H37N3O8/c1-41-26-15(18-8-5-9-33(18)14-6-3-2-4-7-14)12-19(34)21-16(26)10-13-11-17-23(31)25(36)22(29(32)39)28(38)30(17,40)27(37)20(13)24(21)35/h12-14,17-18,23,34,36-37,40H,2-11,31H2,1H3,(H2,32,39)/t13-,17-,18-,23-,30-/m0/s1. The number of nitrogens with two attached hydrogens (primary N) is 2. The number of allylic oxidation sites excluding steroid dienone is 1. The maximum absolute atomic E-state index is 13.9. The lowest BCUT2D eigenvalue weighted by Crippen LogP contribution is -2.63. The summed E-state index contributed by atoms with van der Waals surface area (Å²) in [5.41, 5.74) is 8.88. The Kier molecular flexibility index (Phi) is 6.67. The van der Waals surface area contributed by atoms with E-state index in [1.165, 1.54) is 26.4 Å². The van der Waals surface area contributed by atoms with E-state index < -0.39 is 58.0 Å². The molecule has 220 valence electrons. The summed E-state index contributed by atoms with van der Waals surface area (Å²) in [7, 11) is 1.53. The van der Waals surface area contributed by atoms with E-state index in [9.17, 15) is 34.8 Å². The molecule has 5 atom stereocenters. The lowest BCUT2D eigenvalue weighted by atomic mass is 9.59. The number of methoxy groups -OCH3 is 1. The Morgan fingerprint density at radius 3 is 2.46 bits per heavy atom. The molecule has 0 unspecified atom stereocenters. The van der Waals surface area contributed by atoms with Crippen molar-refractivity contribution >= 4 is 17.5 Å². The summed E-state index contributed by atoms with van der Waals surface area (Å²) in [5.74, 6) is -6.69. The van der Waals surface area contributed by atoms with Gasteiger partial charge in [-0.25, -0.2) is 0 Å². The zero-order valence-corrected chi connectivity index (χ0v) is 23.1. The first kappa shape index (κ1) is 27.7. The molecular weight excluding hydrogens is 530 g/mol. The van der Waals surface area contributed by atoms with Gasteiger partial charge < -0.3 is 36.6 Å². The second kappa shape index (κ2) is 9.85. The molecule has 1 saturated carbocycles. The number of primary amides is 1. The molecule has 5 aliphatic rings. The number of rotatable bonds is 4. The van der Waals surface area contributed by atoms with Gasteiger partial charge in [-0.15, -0.1) is 0 Å². The van der Waals surface area contributed by atoms with E-state index in [1.54, 1.807) is 6.07 Å². The molecule has 1 heterocycles. The molecule has 1 amide bonds. The average Bonchev–Trinajstić information content (AvgIpc) is 3.43. The van der Waals surface area contributed by atoms with Crippen molar-refractivity contribution in [3.05, 3.63) is 45.4 Å². The van der Waals surface area contributed by atoms with E-state index in [4.69, 9.17) is 16.2 Å². The number of nitrogens with zero attached hydrogens (tertiary/aromatic N) is 1. The van der Waals surface area contributed by atoms with Crippen molar-refractivity contribution in [3.8, 4) is 11.5 Å². The van der Waals surface area contributed by atoms with Gasteiger partial charge in [-0.2, -0.15) is 0 Å². The maximum atomic E-state index is 13.9. The minimum atomic E-state index is -2.72. The van der Waals surface area contributed by atoms with Crippen molar-refractivity contribution in [1.29, 1.82) is 0 Å². The summed E-state index contributed by atoms with van der Waals surface area (Å²) in [6.07, 6.45) is 7.93. The van der Waals surface area contributed by atoms with E-state index >= 15 is 0 Å². The van der Waals surface area contributed by atoms with E-state index in [-0.39, 0.29) is 35.8 Å². The third-order valence-corrected chi connectivity index (χ3v) is 10.1. The van der Waals surface area contributed by atoms with E-state index in [1.807, 2.05) is 0 Å². The van der Waals surface area contributed by atoms with E-state index in [0.29, 0.717) is 17.4 Å². The number of hydrogen-bond donors (Lipinski definition) is 6. The fourth-order valence-electron chi connectivity index (χ4n) is 8.25. The Morgan fingerprint density at radius 2 is 1.80 bits per heavy atom. The van der Waals surface area contributed by atoms with Gasteiger partial charge in [-0.3, -0.25) is 19.3 Å². The van der Waals surface area contributed by atoms with Gasteiger partial charge in [-0.1, -0.05) is 19.3 Å². The summed E-state index contributed by atoms with van der Waals surface area (Å²) in [6, 6.07) is 0.678. The first-order valence-corrected chi connectivity index (χ1v) is 14.4. The Balaban J connectivity index is 1.45. The van der Waals surface area contributed by atoms with Crippen LogP contribution in [0.4, 0.5) is 0 Å². The number of ketones is 2. The van der Waals surface area contributed by atoms with E-state index in [2.05, 4.69) is 4.90 Å². The van der Waals surface area contributed by atoms with Gasteiger partial charge in [0.15, 0.2) is 11.4 Å². The summed E-state index contributed by atoms with van der Waals surface area (Å²) in [6.45, 7) is 0.954. The number of phenols is 1. The average molecular weight is 568 g/mol. The second-order valence-electron chi connectivity index (χ2n) is 12.1. The topological polar surface area (TPSA) is 197 Å². The Bertz CT molecular complexity index is 1410. The molecule has 0 spiro atoms. The molecule has 11 heteroatoms. The largest absolute Gasteiger partial charge is 0.510 e. The number of likely N-dealkylation sites (tertiary alicyclic amines) is 1. The van der Waals surface area contributed by atoms with Crippen molar-refractivity contribution in [2.75, 3.05) is 13.7 Å². The molecule has 1 saturated heterocycles. The van der Waals surface area contributed by atoms with Crippen LogP contribution in [0.15, 0.2) is 28.7 Å². The smallest absolute Gasteiger partial charge is 0.255 e.